The van der Waals surface area contributed by atoms with E-state index in [1.807, 2.05) is 0 Å². The average Bonchev–Trinajstić information content (AvgIpc) is 2.80. The van der Waals surface area contributed by atoms with Crippen LogP contribution >= 0.6 is 34.8 Å². The fourth-order valence-corrected chi connectivity index (χ4v) is 2.17. The lowest BCUT2D eigenvalue weighted by Crippen LogP contribution is -2.16. The number of aromatic nitrogens is 1. The van der Waals surface area contributed by atoms with Crippen LogP contribution in [-0.4, -0.2) is 22.0 Å². The second kappa shape index (κ2) is 5.75. The van der Waals surface area contributed by atoms with E-state index in [1.165, 1.54) is 24.4 Å². The van der Waals surface area contributed by atoms with E-state index < -0.39 is 11.9 Å². The van der Waals surface area contributed by atoms with E-state index in [9.17, 15) is 9.59 Å². The van der Waals surface area contributed by atoms with Crippen LogP contribution in [0.2, 0.25) is 15.1 Å². The molecule has 2 rings (SSSR count). The number of anilines is 1. The first kappa shape index (κ1) is 14.7. The van der Waals surface area contributed by atoms with E-state index in [2.05, 4.69) is 10.3 Å². The molecule has 20 heavy (non-hydrogen) atoms. The Morgan fingerprint density at radius 2 is 1.80 bits per heavy atom. The number of carbonyl (C=O) groups excluding carboxylic acids is 1. The molecule has 0 spiro atoms. The fourth-order valence-electron chi connectivity index (χ4n) is 1.56. The van der Waals surface area contributed by atoms with E-state index >= 15 is 0 Å². The van der Waals surface area contributed by atoms with Crippen LogP contribution in [0.5, 0.6) is 0 Å². The van der Waals surface area contributed by atoms with Crippen molar-refractivity contribution in [3.05, 3.63) is 50.7 Å². The normalized spacial score (nSPS) is 10.3. The van der Waals surface area contributed by atoms with Crippen LogP contribution in [0.3, 0.4) is 0 Å². The fraction of sp³-hybridized carbons (Fsp3) is 0. The molecule has 0 aliphatic heterocycles. The quantitative estimate of drug-likeness (QED) is 0.796. The molecular weight excluding hydrogens is 327 g/mol. The van der Waals surface area contributed by atoms with Crippen molar-refractivity contribution in [3.8, 4) is 0 Å². The maximum atomic E-state index is 12.0. The van der Waals surface area contributed by atoms with Crippen molar-refractivity contribution in [2.24, 2.45) is 0 Å². The Labute approximate surface area is 128 Å². The molecule has 1 heterocycles. The minimum absolute atomic E-state index is 0.0262. The molecule has 8 heteroatoms. The van der Waals surface area contributed by atoms with Crippen LogP contribution in [0.4, 0.5) is 5.69 Å². The molecule has 0 bridgehead atoms. The lowest BCUT2D eigenvalue weighted by molar-refractivity contribution is 0.0698. The molecule has 0 atom stereocenters. The van der Waals surface area contributed by atoms with E-state index in [1.54, 1.807) is 0 Å². The molecule has 5 nitrogen and oxygen atoms in total. The summed E-state index contributed by atoms with van der Waals surface area (Å²) in [6, 6.07) is 4.14. The molecular formula is C12H7Cl3N2O3. The molecule has 2 aromatic rings. The van der Waals surface area contributed by atoms with Crippen molar-refractivity contribution in [1.82, 2.24) is 4.98 Å². The maximum Gasteiger partial charge on any atom is 0.339 e. The molecule has 1 amide bonds. The highest BCUT2D eigenvalue weighted by molar-refractivity contribution is 6.39. The zero-order chi connectivity index (χ0) is 14.9. The van der Waals surface area contributed by atoms with Crippen molar-refractivity contribution >= 4 is 52.4 Å². The van der Waals surface area contributed by atoms with Crippen molar-refractivity contribution < 1.29 is 14.7 Å². The van der Waals surface area contributed by atoms with Gasteiger partial charge in [-0.05, 0) is 18.2 Å². The lowest BCUT2D eigenvalue weighted by Gasteiger charge is -2.11. The van der Waals surface area contributed by atoms with Gasteiger partial charge >= 0.3 is 5.97 Å². The van der Waals surface area contributed by atoms with E-state index in [0.717, 1.165) is 0 Å². The minimum atomic E-state index is -1.29. The van der Waals surface area contributed by atoms with Gasteiger partial charge in [0, 0.05) is 6.20 Å². The third-order valence-electron chi connectivity index (χ3n) is 2.45. The summed E-state index contributed by atoms with van der Waals surface area (Å²) in [5.41, 5.74) is -0.171. The summed E-state index contributed by atoms with van der Waals surface area (Å²) in [6.07, 6.45) is 1.42. The van der Waals surface area contributed by atoms with Gasteiger partial charge in [0.15, 0.2) is 0 Å². The van der Waals surface area contributed by atoms with Crippen molar-refractivity contribution in [2.45, 2.75) is 0 Å². The van der Waals surface area contributed by atoms with Crippen LogP contribution < -0.4 is 5.32 Å². The Balaban J connectivity index is 2.41. The first-order valence-electron chi connectivity index (χ1n) is 5.26. The number of hydrogen-bond donors (Lipinski definition) is 3. The van der Waals surface area contributed by atoms with Crippen LogP contribution in [0.15, 0.2) is 24.4 Å². The summed E-state index contributed by atoms with van der Waals surface area (Å²) < 4.78 is 0. The summed E-state index contributed by atoms with van der Waals surface area (Å²) in [5, 5.41) is 11.9. The van der Waals surface area contributed by atoms with Gasteiger partial charge in [-0.25, -0.2) is 4.79 Å². The molecule has 0 saturated carbocycles. The molecule has 0 aliphatic rings. The van der Waals surface area contributed by atoms with Gasteiger partial charge in [-0.2, -0.15) is 0 Å². The molecule has 0 unspecified atom stereocenters. The van der Waals surface area contributed by atoms with E-state index in [-0.39, 0.29) is 27.0 Å². The SMILES string of the molecule is O=C(Nc1c(Cl)ccc(Cl)c1C(=O)O)c1cc(Cl)c[nH]1. The molecule has 0 saturated heterocycles. The molecule has 0 aliphatic carbocycles. The molecule has 0 fully saturated rings. The van der Waals surface area contributed by atoms with Crippen molar-refractivity contribution in [2.75, 3.05) is 5.32 Å². The van der Waals surface area contributed by atoms with Crippen molar-refractivity contribution in [3.63, 3.8) is 0 Å². The third-order valence-corrected chi connectivity index (χ3v) is 3.30. The second-order valence-electron chi connectivity index (χ2n) is 3.77. The predicted molar refractivity (Wildman–Crippen MR) is 77.2 cm³/mol. The smallest absolute Gasteiger partial charge is 0.339 e. The van der Waals surface area contributed by atoms with Gasteiger partial charge in [0.25, 0.3) is 5.91 Å². The largest absolute Gasteiger partial charge is 0.478 e. The molecule has 3 N–H and O–H groups in total. The zero-order valence-electron chi connectivity index (χ0n) is 9.71. The van der Waals surface area contributed by atoms with Crippen molar-refractivity contribution in [1.29, 1.82) is 0 Å². The summed E-state index contributed by atoms with van der Waals surface area (Å²) in [7, 11) is 0. The number of amides is 1. The number of rotatable bonds is 3. The second-order valence-corrected chi connectivity index (χ2v) is 5.02. The number of carbonyl (C=O) groups is 2. The van der Waals surface area contributed by atoms with E-state index in [4.69, 9.17) is 39.9 Å². The van der Waals surface area contributed by atoms with Crippen LogP contribution in [0.1, 0.15) is 20.8 Å². The highest BCUT2D eigenvalue weighted by atomic mass is 35.5. The lowest BCUT2D eigenvalue weighted by atomic mass is 10.1. The number of aromatic carboxylic acids is 1. The number of carboxylic acids is 1. The number of nitrogens with one attached hydrogen (secondary N) is 2. The van der Waals surface area contributed by atoms with Gasteiger partial charge < -0.3 is 15.4 Å². The van der Waals surface area contributed by atoms with Crippen LogP contribution in [0, 0.1) is 0 Å². The van der Waals surface area contributed by atoms with Gasteiger partial charge in [0.2, 0.25) is 0 Å². The molecule has 1 aromatic carbocycles. The molecule has 0 radical (unpaired) electrons. The monoisotopic (exact) mass is 332 g/mol. The Morgan fingerprint density at radius 3 is 2.35 bits per heavy atom. The van der Waals surface area contributed by atoms with Crippen LogP contribution in [0.25, 0.3) is 0 Å². The Kier molecular flexibility index (Phi) is 4.23. The molecule has 1 aromatic heterocycles. The Bertz CT molecular complexity index is 697. The highest BCUT2D eigenvalue weighted by Crippen LogP contribution is 2.32. The zero-order valence-corrected chi connectivity index (χ0v) is 12.0. The Hall–Kier alpha value is -1.69. The Morgan fingerprint density at radius 1 is 1.15 bits per heavy atom. The minimum Gasteiger partial charge on any atom is -0.478 e. The van der Waals surface area contributed by atoms with Gasteiger partial charge in [0.05, 0.1) is 20.8 Å². The maximum absolute atomic E-state index is 12.0. The standard InChI is InChI=1S/C12H7Cl3N2O3/c13-5-3-8(16-4-5)11(18)17-10-7(15)2-1-6(14)9(10)12(19)20/h1-4,16H,(H,17,18)(H,19,20). The molecule has 104 valence electrons. The number of benzene rings is 1. The summed E-state index contributed by atoms with van der Waals surface area (Å²) in [4.78, 5) is 25.8. The van der Waals surface area contributed by atoms with Gasteiger partial charge in [-0.15, -0.1) is 0 Å². The number of H-pyrrole nitrogens is 1. The summed E-state index contributed by atoms with van der Waals surface area (Å²) >= 11 is 17.4. The summed E-state index contributed by atoms with van der Waals surface area (Å²) in [6.45, 7) is 0. The number of aromatic amines is 1. The van der Waals surface area contributed by atoms with Gasteiger partial charge in [-0.1, -0.05) is 34.8 Å². The van der Waals surface area contributed by atoms with Gasteiger partial charge in [0.1, 0.15) is 11.3 Å². The predicted octanol–water partition coefficient (Wildman–Crippen LogP) is 3.93. The summed E-state index contributed by atoms with van der Waals surface area (Å²) in [5.74, 6) is -1.87. The number of hydrogen-bond acceptors (Lipinski definition) is 2. The number of halogens is 3. The van der Waals surface area contributed by atoms with Crippen LogP contribution in [-0.2, 0) is 0 Å². The van der Waals surface area contributed by atoms with E-state index in [0.29, 0.717) is 5.02 Å². The highest BCUT2D eigenvalue weighted by Gasteiger charge is 2.20. The first-order valence-corrected chi connectivity index (χ1v) is 6.40. The topological polar surface area (TPSA) is 82.2 Å². The third kappa shape index (κ3) is 2.90. The first-order chi connectivity index (χ1) is 9.40. The number of carboxylic acid groups (broad SMARTS) is 1. The average molecular weight is 334 g/mol. The van der Waals surface area contributed by atoms with Gasteiger partial charge in [-0.3, -0.25) is 4.79 Å².